The van der Waals surface area contributed by atoms with E-state index >= 15 is 0 Å². The van der Waals surface area contributed by atoms with E-state index in [1.54, 1.807) is 11.8 Å². The number of nitrogens with zero attached hydrogens (tertiary/aromatic N) is 1. The highest BCUT2D eigenvalue weighted by molar-refractivity contribution is 5.83. The maximum Gasteiger partial charge on any atom is 0.226 e. The van der Waals surface area contributed by atoms with Gasteiger partial charge >= 0.3 is 0 Å². The average molecular weight is 254 g/mol. The minimum Gasteiger partial charge on any atom is -0.356 e. The summed E-state index contributed by atoms with van der Waals surface area (Å²) < 4.78 is 0. The molecule has 1 rings (SSSR count). The second-order valence-electron chi connectivity index (χ2n) is 5.18. The lowest BCUT2D eigenvalue weighted by molar-refractivity contribution is -0.141. The summed E-state index contributed by atoms with van der Waals surface area (Å²) in [6.07, 6.45) is 7.43. The first-order chi connectivity index (χ1) is 8.65. The Morgan fingerprint density at radius 1 is 1.11 bits per heavy atom. The van der Waals surface area contributed by atoms with Crippen LogP contribution in [-0.2, 0) is 9.59 Å². The fourth-order valence-electron chi connectivity index (χ4n) is 2.16. The van der Waals surface area contributed by atoms with Gasteiger partial charge in [0, 0.05) is 26.6 Å². The largest absolute Gasteiger partial charge is 0.356 e. The van der Waals surface area contributed by atoms with Crippen molar-refractivity contribution in [3.63, 3.8) is 0 Å². The van der Waals surface area contributed by atoms with Crippen molar-refractivity contribution in [1.29, 1.82) is 0 Å². The van der Waals surface area contributed by atoms with Crippen LogP contribution in [0.3, 0.4) is 0 Å². The van der Waals surface area contributed by atoms with E-state index in [1.807, 2.05) is 0 Å². The van der Waals surface area contributed by atoms with E-state index in [0.29, 0.717) is 13.1 Å². The average Bonchev–Trinajstić information content (AvgIpc) is 2.25. The fraction of sp³-hybridized carbons (Fsp3) is 0.857. The SMILES string of the molecule is CCCCCCCCNC(=O)C1CN(C(C)=O)C1. The van der Waals surface area contributed by atoms with Crippen LogP contribution in [-0.4, -0.2) is 36.3 Å². The van der Waals surface area contributed by atoms with E-state index in [2.05, 4.69) is 12.2 Å². The first-order valence-electron chi connectivity index (χ1n) is 7.18. The maximum atomic E-state index is 11.7. The third-order valence-electron chi connectivity index (χ3n) is 3.53. The molecule has 104 valence electrons. The Kier molecular flexibility index (Phi) is 6.76. The fourth-order valence-corrected chi connectivity index (χ4v) is 2.16. The van der Waals surface area contributed by atoms with Gasteiger partial charge in [0.2, 0.25) is 11.8 Å². The summed E-state index contributed by atoms with van der Waals surface area (Å²) >= 11 is 0. The van der Waals surface area contributed by atoms with E-state index in [-0.39, 0.29) is 17.7 Å². The Morgan fingerprint density at radius 3 is 2.33 bits per heavy atom. The van der Waals surface area contributed by atoms with Crippen LogP contribution < -0.4 is 5.32 Å². The third kappa shape index (κ3) is 5.07. The molecule has 0 bridgehead atoms. The molecule has 1 N–H and O–H groups in total. The topological polar surface area (TPSA) is 49.4 Å². The highest BCUT2D eigenvalue weighted by atomic mass is 16.2. The zero-order valence-electron chi connectivity index (χ0n) is 11.7. The van der Waals surface area contributed by atoms with Gasteiger partial charge in [-0.05, 0) is 6.42 Å². The summed E-state index contributed by atoms with van der Waals surface area (Å²) in [6, 6.07) is 0. The van der Waals surface area contributed by atoms with Crippen molar-refractivity contribution < 1.29 is 9.59 Å². The van der Waals surface area contributed by atoms with Crippen LogP contribution >= 0.6 is 0 Å². The number of hydrogen-bond acceptors (Lipinski definition) is 2. The van der Waals surface area contributed by atoms with E-state index in [1.165, 1.54) is 32.1 Å². The van der Waals surface area contributed by atoms with Crippen molar-refractivity contribution in [3.05, 3.63) is 0 Å². The number of amides is 2. The highest BCUT2D eigenvalue weighted by Gasteiger charge is 2.33. The first-order valence-corrected chi connectivity index (χ1v) is 7.18. The van der Waals surface area contributed by atoms with Crippen molar-refractivity contribution in [3.8, 4) is 0 Å². The Balaban J connectivity index is 1.94. The van der Waals surface area contributed by atoms with Gasteiger partial charge in [0.05, 0.1) is 5.92 Å². The number of likely N-dealkylation sites (tertiary alicyclic amines) is 1. The van der Waals surface area contributed by atoms with Crippen LogP contribution in [0.4, 0.5) is 0 Å². The van der Waals surface area contributed by atoms with Crippen molar-refractivity contribution in [2.45, 2.75) is 52.4 Å². The Hall–Kier alpha value is -1.06. The van der Waals surface area contributed by atoms with Gasteiger partial charge in [-0.2, -0.15) is 0 Å². The lowest BCUT2D eigenvalue weighted by Crippen LogP contribution is -2.55. The van der Waals surface area contributed by atoms with Crippen LogP contribution in [0.2, 0.25) is 0 Å². The van der Waals surface area contributed by atoms with Crippen molar-refractivity contribution in [2.24, 2.45) is 5.92 Å². The highest BCUT2D eigenvalue weighted by Crippen LogP contribution is 2.15. The standard InChI is InChI=1S/C14H26N2O2/c1-3-4-5-6-7-8-9-15-14(18)13-10-16(11-13)12(2)17/h13H,3-11H2,1-2H3,(H,15,18). The molecule has 0 unspecified atom stereocenters. The molecule has 1 aliphatic heterocycles. The van der Waals surface area contributed by atoms with Crippen LogP contribution in [0, 0.1) is 5.92 Å². The maximum absolute atomic E-state index is 11.7. The Labute approximate surface area is 110 Å². The van der Waals surface area contributed by atoms with Gasteiger partial charge in [0.25, 0.3) is 0 Å². The molecule has 0 spiro atoms. The van der Waals surface area contributed by atoms with Gasteiger partial charge in [-0.15, -0.1) is 0 Å². The van der Waals surface area contributed by atoms with Gasteiger partial charge in [-0.3, -0.25) is 9.59 Å². The van der Waals surface area contributed by atoms with E-state index in [4.69, 9.17) is 0 Å². The minimum atomic E-state index is 0.0222. The smallest absolute Gasteiger partial charge is 0.226 e. The molecule has 18 heavy (non-hydrogen) atoms. The van der Waals surface area contributed by atoms with Gasteiger partial charge in [0.15, 0.2) is 0 Å². The number of rotatable bonds is 8. The van der Waals surface area contributed by atoms with E-state index in [9.17, 15) is 9.59 Å². The molecule has 0 aliphatic carbocycles. The molecular weight excluding hydrogens is 228 g/mol. The summed E-state index contributed by atoms with van der Waals surface area (Å²) in [5.41, 5.74) is 0. The molecule has 1 fully saturated rings. The molecule has 1 saturated heterocycles. The first kappa shape index (κ1) is 15.0. The lowest BCUT2D eigenvalue weighted by atomic mass is 9.99. The molecular formula is C14H26N2O2. The second kappa shape index (κ2) is 8.11. The molecule has 0 radical (unpaired) electrons. The normalized spacial score (nSPS) is 15.3. The summed E-state index contributed by atoms with van der Waals surface area (Å²) in [6.45, 7) is 5.73. The van der Waals surface area contributed by atoms with Crippen LogP contribution in [0.5, 0.6) is 0 Å². The summed E-state index contributed by atoms with van der Waals surface area (Å²) in [5.74, 6) is 0.199. The Morgan fingerprint density at radius 2 is 1.72 bits per heavy atom. The molecule has 0 atom stereocenters. The van der Waals surface area contributed by atoms with E-state index < -0.39 is 0 Å². The molecule has 1 aliphatic rings. The zero-order chi connectivity index (χ0) is 13.4. The number of unbranched alkanes of at least 4 members (excludes halogenated alkanes) is 5. The molecule has 2 amide bonds. The van der Waals surface area contributed by atoms with Crippen molar-refractivity contribution >= 4 is 11.8 Å². The van der Waals surface area contributed by atoms with Gasteiger partial charge in [-0.25, -0.2) is 0 Å². The van der Waals surface area contributed by atoms with Crippen LogP contribution in [0.15, 0.2) is 0 Å². The van der Waals surface area contributed by atoms with Crippen LogP contribution in [0.1, 0.15) is 52.4 Å². The quantitative estimate of drug-likeness (QED) is 0.673. The molecule has 0 aromatic carbocycles. The minimum absolute atomic E-state index is 0.0222. The predicted molar refractivity (Wildman–Crippen MR) is 72.1 cm³/mol. The summed E-state index contributed by atoms with van der Waals surface area (Å²) in [5, 5.41) is 2.96. The second-order valence-corrected chi connectivity index (χ2v) is 5.18. The van der Waals surface area contributed by atoms with E-state index in [0.717, 1.165) is 13.0 Å². The van der Waals surface area contributed by atoms with Crippen molar-refractivity contribution in [1.82, 2.24) is 10.2 Å². The zero-order valence-corrected chi connectivity index (χ0v) is 11.7. The number of hydrogen-bond donors (Lipinski definition) is 1. The molecule has 0 aromatic heterocycles. The molecule has 1 heterocycles. The third-order valence-corrected chi connectivity index (χ3v) is 3.53. The molecule has 4 heteroatoms. The van der Waals surface area contributed by atoms with Gasteiger partial charge < -0.3 is 10.2 Å². The number of carbonyl (C=O) groups excluding carboxylic acids is 2. The predicted octanol–water partition coefficient (Wildman–Crippen LogP) is 1.94. The number of carbonyl (C=O) groups is 2. The molecule has 0 aromatic rings. The van der Waals surface area contributed by atoms with Crippen LogP contribution in [0.25, 0.3) is 0 Å². The van der Waals surface area contributed by atoms with Gasteiger partial charge in [-0.1, -0.05) is 39.0 Å². The molecule has 0 saturated carbocycles. The lowest BCUT2D eigenvalue weighted by Gasteiger charge is -2.37. The van der Waals surface area contributed by atoms with Crippen molar-refractivity contribution in [2.75, 3.05) is 19.6 Å². The number of nitrogens with one attached hydrogen (secondary N) is 1. The summed E-state index contributed by atoms with van der Waals surface area (Å²) in [4.78, 5) is 24.4. The van der Waals surface area contributed by atoms with Gasteiger partial charge in [0.1, 0.15) is 0 Å². The molecule has 4 nitrogen and oxygen atoms in total. The monoisotopic (exact) mass is 254 g/mol. The summed E-state index contributed by atoms with van der Waals surface area (Å²) in [7, 11) is 0. The Bertz CT molecular complexity index is 273.